The van der Waals surface area contributed by atoms with Crippen LogP contribution in [0.25, 0.3) is 0 Å². The number of nitriles is 1. The summed E-state index contributed by atoms with van der Waals surface area (Å²) >= 11 is 1.77. The van der Waals surface area contributed by atoms with Gasteiger partial charge < -0.3 is 4.90 Å². The van der Waals surface area contributed by atoms with Gasteiger partial charge >= 0.3 is 0 Å². The van der Waals surface area contributed by atoms with Crippen molar-refractivity contribution < 1.29 is 0 Å². The Morgan fingerprint density at radius 2 is 2.43 bits per heavy atom. The van der Waals surface area contributed by atoms with Gasteiger partial charge in [-0.15, -0.1) is 0 Å². The third-order valence-electron chi connectivity index (χ3n) is 1.73. The minimum atomic E-state index is 0.408. The molecule has 1 aromatic rings. The van der Waals surface area contributed by atoms with E-state index in [2.05, 4.69) is 16.2 Å². The third-order valence-corrected chi connectivity index (χ3v) is 2.32. The van der Waals surface area contributed by atoms with Gasteiger partial charge in [-0.3, -0.25) is 0 Å². The Bertz CT molecular complexity index is 334. The van der Waals surface area contributed by atoms with Crippen LogP contribution < -0.4 is 4.90 Å². The molecule has 1 aromatic heterocycles. The fraction of sp³-hybridized carbons (Fsp3) is 0.444. The largest absolute Gasteiger partial charge is 0.343 e. The molecule has 0 fully saturated rings. The molecule has 14 heavy (non-hydrogen) atoms. The number of aromatic nitrogens is 2. The van der Waals surface area contributed by atoms with Crippen LogP contribution in [-0.4, -0.2) is 35.6 Å². The van der Waals surface area contributed by atoms with E-state index in [9.17, 15) is 0 Å². The normalized spacial score (nSPS) is 9.50. The Labute approximate surface area is 88.0 Å². The number of hydrogen-bond acceptors (Lipinski definition) is 5. The lowest BCUT2D eigenvalue weighted by molar-refractivity contribution is 0.904. The summed E-state index contributed by atoms with van der Waals surface area (Å²) in [6, 6.07) is 3.60. The molecule has 0 N–H and O–H groups in total. The Hall–Kier alpha value is -1.28. The summed E-state index contributed by atoms with van der Waals surface area (Å²) in [5.41, 5.74) is 0.408. The minimum absolute atomic E-state index is 0.408. The third kappa shape index (κ3) is 2.89. The molecule has 0 amide bonds. The molecule has 1 rings (SSSR count). The van der Waals surface area contributed by atoms with Crippen LogP contribution in [0, 0.1) is 11.3 Å². The SMILES string of the molecule is CSCCN(C)c1nccc(C#N)n1. The zero-order valence-electron chi connectivity index (χ0n) is 8.27. The van der Waals surface area contributed by atoms with Crippen molar-refractivity contribution >= 4 is 17.7 Å². The maximum Gasteiger partial charge on any atom is 0.226 e. The summed E-state index contributed by atoms with van der Waals surface area (Å²) in [6.07, 6.45) is 3.66. The fourth-order valence-corrected chi connectivity index (χ4v) is 1.38. The van der Waals surface area contributed by atoms with Gasteiger partial charge in [-0.2, -0.15) is 17.0 Å². The molecule has 0 aromatic carbocycles. The van der Waals surface area contributed by atoms with Crippen LogP contribution in [-0.2, 0) is 0 Å². The van der Waals surface area contributed by atoms with E-state index in [4.69, 9.17) is 5.26 Å². The first-order valence-electron chi connectivity index (χ1n) is 4.21. The predicted octanol–water partition coefficient (Wildman–Crippen LogP) is 1.15. The highest BCUT2D eigenvalue weighted by Crippen LogP contribution is 2.05. The molecule has 0 unspecified atom stereocenters. The van der Waals surface area contributed by atoms with E-state index >= 15 is 0 Å². The van der Waals surface area contributed by atoms with Crippen LogP contribution in [0.4, 0.5) is 5.95 Å². The topological polar surface area (TPSA) is 52.8 Å². The first kappa shape index (κ1) is 10.8. The molecule has 0 aliphatic heterocycles. The van der Waals surface area contributed by atoms with Crippen LogP contribution in [0.3, 0.4) is 0 Å². The summed E-state index contributed by atoms with van der Waals surface area (Å²) in [5, 5.41) is 8.66. The summed E-state index contributed by atoms with van der Waals surface area (Å²) in [5.74, 6) is 1.63. The van der Waals surface area contributed by atoms with Crippen LogP contribution in [0.15, 0.2) is 12.3 Å². The standard InChI is InChI=1S/C9H12N4S/c1-13(5-6-14-2)9-11-4-3-8(7-10)12-9/h3-4H,5-6H2,1-2H3. The van der Waals surface area contributed by atoms with Crippen LogP contribution in [0.1, 0.15) is 5.69 Å². The van der Waals surface area contributed by atoms with Gasteiger partial charge in [-0.05, 0) is 12.3 Å². The van der Waals surface area contributed by atoms with Gasteiger partial charge in [0.1, 0.15) is 11.8 Å². The van der Waals surface area contributed by atoms with Gasteiger partial charge in [-0.25, -0.2) is 9.97 Å². The Balaban J connectivity index is 2.70. The molecule has 0 atom stereocenters. The fourth-order valence-electron chi connectivity index (χ4n) is 0.923. The lowest BCUT2D eigenvalue weighted by atomic mass is 10.4. The Morgan fingerprint density at radius 3 is 3.07 bits per heavy atom. The summed E-state index contributed by atoms with van der Waals surface area (Å²) in [6.45, 7) is 0.885. The van der Waals surface area contributed by atoms with Gasteiger partial charge in [0.25, 0.3) is 0 Å². The van der Waals surface area contributed by atoms with Gasteiger partial charge in [0.15, 0.2) is 0 Å². The van der Waals surface area contributed by atoms with Crippen LogP contribution in [0.5, 0.6) is 0 Å². The molecule has 0 spiro atoms. The quantitative estimate of drug-likeness (QED) is 0.743. The second-order valence-corrected chi connectivity index (χ2v) is 3.75. The lowest BCUT2D eigenvalue weighted by Crippen LogP contribution is -2.22. The average Bonchev–Trinajstić information content (AvgIpc) is 2.26. The van der Waals surface area contributed by atoms with Crippen molar-refractivity contribution in [2.45, 2.75) is 0 Å². The minimum Gasteiger partial charge on any atom is -0.343 e. The zero-order chi connectivity index (χ0) is 10.4. The van der Waals surface area contributed by atoms with Gasteiger partial charge in [-0.1, -0.05) is 0 Å². The molecule has 1 heterocycles. The van der Waals surface area contributed by atoms with E-state index in [1.807, 2.05) is 18.0 Å². The number of rotatable bonds is 4. The van der Waals surface area contributed by atoms with Crippen molar-refractivity contribution in [3.05, 3.63) is 18.0 Å². The maximum atomic E-state index is 8.66. The van der Waals surface area contributed by atoms with Gasteiger partial charge in [0.2, 0.25) is 5.95 Å². The highest BCUT2D eigenvalue weighted by atomic mass is 32.2. The molecule has 0 radical (unpaired) electrons. The Morgan fingerprint density at radius 1 is 1.64 bits per heavy atom. The van der Waals surface area contributed by atoms with Crippen molar-refractivity contribution in [3.63, 3.8) is 0 Å². The summed E-state index contributed by atoms with van der Waals surface area (Å²) in [4.78, 5) is 10.1. The molecule has 4 nitrogen and oxygen atoms in total. The van der Waals surface area contributed by atoms with Gasteiger partial charge in [0, 0.05) is 25.5 Å². The van der Waals surface area contributed by atoms with Crippen molar-refractivity contribution in [1.29, 1.82) is 5.26 Å². The van der Waals surface area contributed by atoms with E-state index in [-0.39, 0.29) is 0 Å². The summed E-state index contributed by atoms with van der Waals surface area (Å²) < 4.78 is 0. The Kier molecular flexibility index (Phi) is 4.20. The highest BCUT2D eigenvalue weighted by Gasteiger charge is 2.03. The van der Waals surface area contributed by atoms with E-state index in [0.717, 1.165) is 12.3 Å². The number of anilines is 1. The van der Waals surface area contributed by atoms with Crippen LogP contribution >= 0.6 is 11.8 Å². The predicted molar refractivity (Wildman–Crippen MR) is 58.4 cm³/mol. The second-order valence-electron chi connectivity index (χ2n) is 2.77. The first-order chi connectivity index (χ1) is 6.77. The van der Waals surface area contributed by atoms with Crippen molar-refractivity contribution in [2.75, 3.05) is 30.5 Å². The summed E-state index contributed by atoms with van der Waals surface area (Å²) in [7, 11) is 1.92. The van der Waals surface area contributed by atoms with Crippen molar-refractivity contribution in [3.8, 4) is 6.07 Å². The van der Waals surface area contributed by atoms with E-state index in [0.29, 0.717) is 11.6 Å². The molecule has 0 saturated carbocycles. The van der Waals surface area contributed by atoms with Crippen molar-refractivity contribution in [2.24, 2.45) is 0 Å². The molecule has 0 aliphatic rings. The van der Waals surface area contributed by atoms with E-state index in [1.165, 1.54) is 0 Å². The highest BCUT2D eigenvalue weighted by molar-refractivity contribution is 7.98. The average molecular weight is 208 g/mol. The smallest absolute Gasteiger partial charge is 0.226 e. The molecule has 0 saturated heterocycles. The van der Waals surface area contributed by atoms with Crippen LogP contribution in [0.2, 0.25) is 0 Å². The van der Waals surface area contributed by atoms with E-state index in [1.54, 1.807) is 24.0 Å². The monoisotopic (exact) mass is 208 g/mol. The molecular weight excluding hydrogens is 196 g/mol. The number of nitrogens with zero attached hydrogens (tertiary/aromatic N) is 4. The molecule has 5 heteroatoms. The lowest BCUT2D eigenvalue weighted by Gasteiger charge is -2.15. The molecular formula is C9H12N4S. The number of hydrogen-bond donors (Lipinski definition) is 0. The maximum absolute atomic E-state index is 8.66. The van der Waals surface area contributed by atoms with Gasteiger partial charge in [0.05, 0.1) is 0 Å². The van der Waals surface area contributed by atoms with Crippen molar-refractivity contribution in [1.82, 2.24) is 9.97 Å². The number of thioether (sulfide) groups is 1. The van der Waals surface area contributed by atoms with E-state index < -0.39 is 0 Å². The zero-order valence-corrected chi connectivity index (χ0v) is 9.08. The molecule has 0 bridgehead atoms. The first-order valence-corrected chi connectivity index (χ1v) is 5.60. The molecule has 0 aliphatic carbocycles. The second kappa shape index (κ2) is 5.45. The molecule has 74 valence electrons.